The van der Waals surface area contributed by atoms with Crippen LogP contribution in [0.4, 0.5) is 4.39 Å². The Kier molecular flexibility index (Phi) is 5.69. The minimum absolute atomic E-state index is 0.00737. The van der Waals surface area contributed by atoms with E-state index in [4.69, 9.17) is 9.47 Å². The molecule has 4 rings (SSSR count). The Morgan fingerprint density at radius 3 is 2.72 bits per heavy atom. The average molecular weight is 396 g/mol. The molecule has 7 nitrogen and oxygen atoms in total. The third-order valence-electron chi connectivity index (χ3n) is 4.67. The number of fused-ring (bicyclic) bond motifs is 1. The first kappa shape index (κ1) is 18.9. The van der Waals surface area contributed by atoms with E-state index in [9.17, 15) is 9.18 Å². The number of nitrogens with zero attached hydrogens (tertiary/aromatic N) is 4. The molecule has 0 bridgehead atoms. The molecule has 0 unspecified atom stereocenters. The minimum Gasteiger partial charge on any atom is -0.454 e. The normalized spacial score (nSPS) is 12.2. The molecule has 0 N–H and O–H groups in total. The van der Waals surface area contributed by atoms with Gasteiger partial charge in [-0.25, -0.2) is 9.37 Å². The number of ether oxygens (including phenoxy) is 2. The van der Waals surface area contributed by atoms with E-state index in [0.29, 0.717) is 44.0 Å². The summed E-state index contributed by atoms with van der Waals surface area (Å²) in [4.78, 5) is 18.6. The first-order valence-corrected chi connectivity index (χ1v) is 9.40. The number of aryl methyl sites for hydroxylation is 1. The second kappa shape index (κ2) is 8.72. The third kappa shape index (κ3) is 4.90. The summed E-state index contributed by atoms with van der Waals surface area (Å²) in [6.45, 7) is 1.54. The van der Waals surface area contributed by atoms with Gasteiger partial charge in [-0.3, -0.25) is 9.48 Å². The van der Waals surface area contributed by atoms with Gasteiger partial charge in [-0.05, 0) is 41.8 Å². The Morgan fingerprint density at radius 1 is 1.10 bits per heavy atom. The monoisotopic (exact) mass is 396 g/mol. The summed E-state index contributed by atoms with van der Waals surface area (Å²) >= 11 is 0. The smallest absolute Gasteiger partial charge is 0.231 e. The van der Waals surface area contributed by atoms with E-state index >= 15 is 0 Å². The maximum absolute atomic E-state index is 13.6. The lowest BCUT2D eigenvalue weighted by Crippen LogP contribution is -2.30. The zero-order chi connectivity index (χ0) is 20.1. The number of carbonyl (C=O) groups is 1. The maximum Gasteiger partial charge on any atom is 0.231 e. The molecule has 3 aromatic rings. The molecule has 0 aliphatic carbocycles. The summed E-state index contributed by atoms with van der Waals surface area (Å²) in [5, 5.41) is 4.05. The van der Waals surface area contributed by atoms with Gasteiger partial charge in [0.05, 0.1) is 0 Å². The zero-order valence-electron chi connectivity index (χ0n) is 15.8. The van der Waals surface area contributed by atoms with Crippen LogP contribution >= 0.6 is 0 Å². The maximum atomic E-state index is 13.6. The van der Waals surface area contributed by atoms with Crippen LogP contribution in [0.25, 0.3) is 0 Å². The van der Waals surface area contributed by atoms with Crippen molar-refractivity contribution in [3.8, 4) is 11.5 Å². The Balaban J connectivity index is 1.46. The first-order valence-electron chi connectivity index (χ1n) is 9.40. The van der Waals surface area contributed by atoms with Crippen molar-refractivity contribution in [2.24, 2.45) is 0 Å². The zero-order valence-corrected chi connectivity index (χ0v) is 15.8. The molecule has 0 saturated carbocycles. The van der Waals surface area contributed by atoms with Crippen molar-refractivity contribution >= 4 is 5.91 Å². The van der Waals surface area contributed by atoms with Crippen LogP contribution < -0.4 is 9.47 Å². The molecule has 0 spiro atoms. The van der Waals surface area contributed by atoms with Gasteiger partial charge in [-0.2, -0.15) is 5.10 Å². The molecule has 2 heterocycles. The van der Waals surface area contributed by atoms with Crippen molar-refractivity contribution in [3.63, 3.8) is 0 Å². The summed E-state index contributed by atoms with van der Waals surface area (Å²) in [7, 11) is 0. The van der Waals surface area contributed by atoms with Gasteiger partial charge in [0, 0.05) is 26.1 Å². The molecule has 0 fully saturated rings. The molecule has 1 aromatic heterocycles. The van der Waals surface area contributed by atoms with E-state index in [1.807, 2.05) is 24.3 Å². The number of hydrogen-bond acceptors (Lipinski definition) is 5. The topological polar surface area (TPSA) is 69.5 Å². The Morgan fingerprint density at radius 2 is 1.93 bits per heavy atom. The Bertz CT molecular complexity index is 978. The van der Waals surface area contributed by atoms with Crippen molar-refractivity contribution in [2.45, 2.75) is 32.5 Å². The minimum atomic E-state index is -0.316. The highest BCUT2D eigenvalue weighted by molar-refractivity contribution is 5.76. The molecule has 29 heavy (non-hydrogen) atoms. The fourth-order valence-electron chi connectivity index (χ4n) is 3.25. The van der Waals surface area contributed by atoms with E-state index in [0.717, 1.165) is 11.1 Å². The van der Waals surface area contributed by atoms with E-state index in [1.54, 1.807) is 22.0 Å². The molecule has 0 saturated heterocycles. The first-order chi connectivity index (χ1) is 14.2. The number of benzene rings is 2. The van der Waals surface area contributed by atoms with Gasteiger partial charge in [0.2, 0.25) is 12.7 Å². The van der Waals surface area contributed by atoms with Crippen molar-refractivity contribution < 1.29 is 18.7 Å². The molecular formula is C21H21FN4O3. The van der Waals surface area contributed by atoms with Gasteiger partial charge in [0.15, 0.2) is 11.5 Å². The summed E-state index contributed by atoms with van der Waals surface area (Å²) in [6.07, 6.45) is 4.10. The molecular weight excluding hydrogens is 375 g/mol. The van der Waals surface area contributed by atoms with Crippen LogP contribution in [-0.4, -0.2) is 32.4 Å². The van der Waals surface area contributed by atoms with Crippen molar-refractivity contribution in [2.75, 3.05) is 6.79 Å². The summed E-state index contributed by atoms with van der Waals surface area (Å²) in [5.41, 5.74) is 1.67. The van der Waals surface area contributed by atoms with Gasteiger partial charge < -0.3 is 14.4 Å². The molecule has 1 aliphatic heterocycles. The summed E-state index contributed by atoms with van der Waals surface area (Å²) < 4.78 is 26.1. The van der Waals surface area contributed by atoms with Gasteiger partial charge >= 0.3 is 0 Å². The molecule has 1 amide bonds. The molecule has 8 heteroatoms. The third-order valence-corrected chi connectivity index (χ3v) is 4.67. The van der Waals surface area contributed by atoms with Crippen molar-refractivity contribution in [3.05, 3.63) is 72.1 Å². The highest BCUT2D eigenvalue weighted by atomic mass is 19.1. The highest BCUT2D eigenvalue weighted by Gasteiger charge is 2.18. The fourth-order valence-corrected chi connectivity index (χ4v) is 3.25. The van der Waals surface area contributed by atoms with Crippen molar-refractivity contribution in [1.82, 2.24) is 19.7 Å². The molecule has 0 radical (unpaired) electrons. The highest BCUT2D eigenvalue weighted by Crippen LogP contribution is 2.33. The molecule has 1 aliphatic rings. The predicted octanol–water partition coefficient (Wildman–Crippen LogP) is 3.16. The van der Waals surface area contributed by atoms with E-state index < -0.39 is 0 Å². The fraction of sp³-hybridized carbons (Fsp3) is 0.286. The lowest BCUT2D eigenvalue weighted by Gasteiger charge is -2.23. The SMILES string of the molecule is O=C(CCCn1cncn1)N(Cc1cccc(F)c1)Cc1ccc2c(c1)OCO2. The largest absolute Gasteiger partial charge is 0.454 e. The van der Waals surface area contributed by atoms with E-state index in [1.165, 1.54) is 18.5 Å². The summed E-state index contributed by atoms with van der Waals surface area (Å²) in [6, 6.07) is 11.9. The number of aromatic nitrogens is 3. The lowest BCUT2D eigenvalue weighted by atomic mass is 10.1. The standard InChI is InChI=1S/C21H21FN4O3/c22-18-4-1-3-16(9-18)11-25(21(27)5-2-8-26-14-23-13-24-26)12-17-6-7-19-20(10-17)29-15-28-19/h1,3-4,6-7,9-10,13-14H,2,5,8,11-12,15H2. The van der Waals surface area contributed by atoms with Gasteiger partial charge in [0.25, 0.3) is 0 Å². The molecule has 150 valence electrons. The second-order valence-corrected chi connectivity index (χ2v) is 6.83. The molecule has 0 atom stereocenters. The Hall–Kier alpha value is -3.42. The van der Waals surface area contributed by atoms with E-state index in [-0.39, 0.29) is 18.5 Å². The number of halogens is 1. The van der Waals surface area contributed by atoms with Gasteiger partial charge in [0.1, 0.15) is 18.5 Å². The number of amides is 1. The number of rotatable bonds is 8. The number of carbonyl (C=O) groups excluding carboxylic acids is 1. The van der Waals surface area contributed by atoms with Crippen molar-refractivity contribution in [1.29, 1.82) is 0 Å². The van der Waals surface area contributed by atoms with Crippen LogP contribution in [0.1, 0.15) is 24.0 Å². The predicted molar refractivity (Wildman–Crippen MR) is 102 cm³/mol. The van der Waals surface area contributed by atoms with Crippen LogP contribution in [0, 0.1) is 5.82 Å². The van der Waals surface area contributed by atoms with Gasteiger partial charge in [-0.1, -0.05) is 18.2 Å². The van der Waals surface area contributed by atoms with Crippen LogP contribution in [-0.2, 0) is 24.4 Å². The Labute approximate surface area is 167 Å². The van der Waals surface area contributed by atoms with Crippen LogP contribution in [0.15, 0.2) is 55.1 Å². The van der Waals surface area contributed by atoms with Crippen LogP contribution in [0.3, 0.4) is 0 Å². The van der Waals surface area contributed by atoms with Crippen LogP contribution in [0.5, 0.6) is 11.5 Å². The van der Waals surface area contributed by atoms with Gasteiger partial charge in [-0.15, -0.1) is 0 Å². The quantitative estimate of drug-likeness (QED) is 0.585. The average Bonchev–Trinajstić information content (AvgIpc) is 3.39. The molecule has 2 aromatic carbocycles. The number of hydrogen-bond donors (Lipinski definition) is 0. The second-order valence-electron chi connectivity index (χ2n) is 6.83. The van der Waals surface area contributed by atoms with Crippen LogP contribution in [0.2, 0.25) is 0 Å². The lowest BCUT2D eigenvalue weighted by molar-refractivity contribution is -0.132. The van der Waals surface area contributed by atoms with E-state index in [2.05, 4.69) is 10.1 Å². The summed E-state index contributed by atoms with van der Waals surface area (Å²) in [5.74, 6) is 1.05.